The van der Waals surface area contributed by atoms with E-state index in [2.05, 4.69) is 20.9 Å². The van der Waals surface area contributed by atoms with Gasteiger partial charge >= 0.3 is 0 Å². The number of carbonyl (C=O) groups excluding carboxylic acids is 1. The van der Waals surface area contributed by atoms with Gasteiger partial charge in [-0.2, -0.15) is 0 Å². The molecule has 0 aliphatic carbocycles. The van der Waals surface area contributed by atoms with Crippen LogP contribution in [0.3, 0.4) is 0 Å². The summed E-state index contributed by atoms with van der Waals surface area (Å²) in [5.41, 5.74) is 6.15. The number of benzene rings is 1. The number of carbonyl (C=O) groups is 1. The number of amides is 1. The lowest BCUT2D eigenvalue weighted by Gasteiger charge is -2.10. The molecule has 0 saturated carbocycles. The Bertz CT molecular complexity index is 489. The molecule has 0 radical (unpaired) electrons. The van der Waals surface area contributed by atoms with Gasteiger partial charge in [0.05, 0.1) is 4.47 Å². The normalized spacial score (nSPS) is 20.2. The van der Waals surface area contributed by atoms with Crippen molar-refractivity contribution in [2.24, 2.45) is 10.7 Å². The summed E-state index contributed by atoms with van der Waals surface area (Å²) in [6, 6.07) is 3.69. The fourth-order valence-corrected chi connectivity index (χ4v) is 1.87. The highest BCUT2D eigenvalue weighted by atomic mass is 79.9. The number of likely N-dealkylation sites (N-methyl/N-ethyl adjacent to an activating group) is 1. The summed E-state index contributed by atoms with van der Waals surface area (Å²) in [6.07, 6.45) is 0. The molecule has 0 spiro atoms. The Morgan fingerprint density at radius 1 is 1.56 bits per heavy atom. The predicted octanol–water partition coefficient (Wildman–Crippen LogP) is 1.42. The number of hydrogen-bond donors (Lipinski definition) is 1. The molecule has 0 unspecified atom stereocenters. The minimum Gasteiger partial charge on any atom is -0.369 e. The van der Waals surface area contributed by atoms with Gasteiger partial charge in [-0.1, -0.05) is 6.07 Å². The van der Waals surface area contributed by atoms with Crippen LogP contribution in [-0.4, -0.2) is 23.8 Å². The maximum absolute atomic E-state index is 13.0. The third kappa shape index (κ3) is 1.69. The van der Waals surface area contributed by atoms with E-state index < -0.39 is 6.04 Å². The number of nitrogens with two attached hydrogens (primary N) is 1. The Hall–Kier alpha value is -1.43. The van der Waals surface area contributed by atoms with Crippen LogP contribution in [0.5, 0.6) is 0 Å². The van der Waals surface area contributed by atoms with Crippen LogP contribution < -0.4 is 5.73 Å². The standard InChI is InChI=1S/C10H9BrFN3O/c1-15-9(16)8(14-10(15)13)5-2-3-7(12)6(11)4-5/h2-4,8H,1H3,(H2,13,14)/t8-/m1/s1. The highest BCUT2D eigenvalue weighted by molar-refractivity contribution is 9.10. The number of rotatable bonds is 1. The van der Waals surface area contributed by atoms with E-state index in [4.69, 9.17) is 5.73 Å². The summed E-state index contributed by atoms with van der Waals surface area (Å²) in [6.45, 7) is 0. The Morgan fingerprint density at radius 2 is 2.25 bits per heavy atom. The average Bonchev–Trinajstić information content (AvgIpc) is 2.50. The minimum atomic E-state index is -0.665. The van der Waals surface area contributed by atoms with Gasteiger partial charge in [0.2, 0.25) is 0 Å². The van der Waals surface area contributed by atoms with E-state index in [0.717, 1.165) is 0 Å². The molecule has 4 nitrogen and oxygen atoms in total. The molecule has 1 aromatic rings. The first-order valence-electron chi connectivity index (χ1n) is 4.56. The first kappa shape index (κ1) is 11.1. The summed E-state index contributed by atoms with van der Waals surface area (Å²) >= 11 is 3.06. The molecule has 16 heavy (non-hydrogen) atoms. The summed E-state index contributed by atoms with van der Waals surface area (Å²) in [5, 5.41) is 0. The molecular weight excluding hydrogens is 277 g/mol. The smallest absolute Gasteiger partial charge is 0.258 e. The van der Waals surface area contributed by atoms with Crippen molar-refractivity contribution in [1.29, 1.82) is 0 Å². The van der Waals surface area contributed by atoms with Gasteiger partial charge < -0.3 is 5.73 Å². The van der Waals surface area contributed by atoms with Crippen molar-refractivity contribution in [3.63, 3.8) is 0 Å². The second-order valence-corrected chi connectivity index (χ2v) is 4.31. The van der Waals surface area contributed by atoms with Crippen LogP contribution >= 0.6 is 15.9 Å². The van der Waals surface area contributed by atoms with E-state index in [0.29, 0.717) is 10.0 Å². The first-order chi connectivity index (χ1) is 7.50. The number of halogens is 2. The molecule has 2 N–H and O–H groups in total. The Morgan fingerprint density at radius 3 is 2.75 bits per heavy atom. The summed E-state index contributed by atoms with van der Waals surface area (Å²) in [7, 11) is 1.56. The topological polar surface area (TPSA) is 58.7 Å². The summed E-state index contributed by atoms with van der Waals surface area (Å²) in [4.78, 5) is 17.0. The Balaban J connectivity index is 2.39. The second kappa shape index (κ2) is 3.86. The molecular formula is C10H9BrFN3O. The van der Waals surface area contributed by atoms with Gasteiger partial charge in [-0.15, -0.1) is 0 Å². The lowest BCUT2D eigenvalue weighted by molar-refractivity contribution is -0.126. The Labute approximate surface area is 100 Å². The lowest BCUT2D eigenvalue weighted by Crippen LogP contribution is -2.34. The SMILES string of the molecule is CN1C(=O)[C@@H](c2ccc(F)c(Br)c2)N=C1N. The van der Waals surface area contributed by atoms with Crippen LogP contribution in [0, 0.1) is 5.82 Å². The van der Waals surface area contributed by atoms with Crippen molar-refractivity contribution in [3.8, 4) is 0 Å². The van der Waals surface area contributed by atoms with Crippen LogP contribution in [0.1, 0.15) is 11.6 Å². The first-order valence-corrected chi connectivity index (χ1v) is 5.36. The van der Waals surface area contributed by atoms with Crippen molar-refractivity contribution in [2.45, 2.75) is 6.04 Å². The molecule has 1 amide bonds. The molecule has 1 aliphatic rings. The molecule has 1 atom stereocenters. The van der Waals surface area contributed by atoms with Crippen LogP contribution in [0.2, 0.25) is 0 Å². The molecule has 2 rings (SSSR count). The molecule has 84 valence electrons. The average molecular weight is 286 g/mol. The molecule has 0 saturated heterocycles. The fourth-order valence-electron chi connectivity index (χ4n) is 1.47. The molecule has 1 aliphatic heterocycles. The minimum absolute atomic E-state index is 0.176. The van der Waals surface area contributed by atoms with Crippen LogP contribution in [0.25, 0.3) is 0 Å². The van der Waals surface area contributed by atoms with Crippen LogP contribution in [-0.2, 0) is 4.79 Å². The molecule has 0 aromatic heterocycles. The monoisotopic (exact) mass is 285 g/mol. The van der Waals surface area contributed by atoms with E-state index in [9.17, 15) is 9.18 Å². The zero-order valence-electron chi connectivity index (χ0n) is 8.45. The number of hydrogen-bond acceptors (Lipinski definition) is 3. The highest BCUT2D eigenvalue weighted by Crippen LogP contribution is 2.27. The largest absolute Gasteiger partial charge is 0.369 e. The number of guanidine groups is 1. The van der Waals surface area contributed by atoms with Gasteiger partial charge in [0.15, 0.2) is 12.0 Å². The van der Waals surface area contributed by atoms with E-state index in [1.165, 1.54) is 23.1 Å². The van der Waals surface area contributed by atoms with E-state index >= 15 is 0 Å². The highest BCUT2D eigenvalue weighted by Gasteiger charge is 2.31. The Kier molecular flexibility index (Phi) is 2.67. The van der Waals surface area contributed by atoms with Gasteiger partial charge in [-0.25, -0.2) is 9.38 Å². The quantitative estimate of drug-likeness (QED) is 0.848. The maximum Gasteiger partial charge on any atom is 0.258 e. The lowest BCUT2D eigenvalue weighted by atomic mass is 10.1. The summed E-state index contributed by atoms with van der Waals surface area (Å²) < 4.78 is 13.3. The van der Waals surface area contributed by atoms with Gasteiger partial charge in [0, 0.05) is 7.05 Å². The second-order valence-electron chi connectivity index (χ2n) is 3.46. The molecule has 0 bridgehead atoms. The van der Waals surface area contributed by atoms with Gasteiger partial charge in [-0.05, 0) is 33.6 Å². The maximum atomic E-state index is 13.0. The fraction of sp³-hybridized carbons (Fsp3) is 0.200. The zero-order valence-corrected chi connectivity index (χ0v) is 10.0. The van der Waals surface area contributed by atoms with Crippen LogP contribution in [0.4, 0.5) is 4.39 Å². The zero-order chi connectivity index (χ0) is 11.9. The van der Waals surface area contributed by atoms with Gasteiger partial charge in [0.25, 0.3) is 5.91 Å². The van der Waals surface area contributed by atoms with Crippen molar-refractivity contribution < 1.29 is 9.18 Å². The van der Waals surface area contributed by atoms with Crippen molar-refractivity contribution in [2.75, 3.05) is 7.05 Å². The van der Waals surface area contributed by atoms with Crippen molar-refractivity contribution >= 4 is 27.8 Å². The number of aliphatic imine (C=N–C) groups is 1. The summed E-state index contributed by atoms with van der Waals surface area (Å²) in [5.74, 6) is -0.411. The third-order valence-corrected chi connectivity index (χ3v) is 3.04. The number of nitrogens with zero attached hydrogens (tertiary/aromatic N) is 2. The van der Waals surface area contributed by atoms with E-state index in [-0.39, 0.29) is 17.7 Å². The molecule has 0 fully saturated rings. The van der Waals surface area contributed by atoms with Gasteiger partial charge in [-0.3, -0.25) is 9.69 Å². The molecule has 1 heterocycles. The van der Waals surface area contributed by atoms with Crippen LogP contribution in [0.15, 0.2) is 27.7 Å². The van der Waals surface area contributed by atoms with Crippen molar-refractivity contribution in [1.82, 2.24) is 4.90 Å². The van der Waals surface area contributed by atoms with Crippen molar-refractivity contribution in [3.05, 3.63) is 34.1 Å². The molecule has 1 aromatic carbocycles. The third-order valence-electron chi connectivity index (χ3n) is 2.43. The molecule has 6 heteroatoms. The van der Waals surface area contributed by atoms with E-state index in [1.54, 1.807) is 7.05 Å². The predicted molar refractivity (Wildman–Crippen MR) is 61.2 cm³/mol. The van der Waals surface area contributed by atoms with E-state index in [1.807, 2.05) is 0 Å². The van der Waals surface area contributed by atoms with Gasteiger partial charge in [0.1, 0.15) is 5.82 Å².